The van der Waals surface area contributed by atoms with Crippen LogP contribution in [0.2, 0.25) is 0 Å². The van der Waals surface area contributed by atoms with Crippen molar-refractivity contribution in [2.75, 3.05) is 19.5 Å². The number of hydrogen-bond acceptors (Lipinski definition) is 4. The van der Waals surface area contributed by atoms with Crippen molar-refractivity contribution in [2.24, 2.45) is 0 Å². The maximum absolute atomic E-state index is 13.0. The summed E-state index contributed by atoms with van der Waals surface area (Å²) >= 11 is 0. The van der Waals surface area contributed by atoms with E-state index in [-0.39, 0.29) is 18.5 Å². The van der Waals surface area contributed by atoms with Crippen molar-refractivity contribution >= 4 is 17.6 Å². The second kappa shape index (κ2) is 6.58. The predicted octanol–water partition coefficient (Wildman–Crippen LogP) is 1.73. The third-order valence-electron chi connectivity index (χ3n) is 2.22. The monoisotopic (exact) mass is 255 g/mol. The van der Waals surface area contributed by atoms with E-state index in [4.69, 9.17) is 4.74 Å². The predicted molar refractivity (Wildman–Crippen MR) is 62.8 cm³/mol. The van der Waals surface area contributed by atoms with E-state index < -0.39 is 17.7 Å². The number of halogens is 1. The lowest BCUT2D eigenvalue weighted by Crippen LogP contribution is -2.14. The lowest BCUT2D eigenvalue weighted by Gasteiger charge is -2.09. The van der Waals surface area contributed by atoms with Crippen LogP contribution in [-0.4, -0.2) is 26.1 Å². The third-order valence-corrected chi connectivity index (χ3v) is 2.22. The van der Waals surface area contributed by atoms with Crippen LogP contribution in [0.3, 0.4) is 0 Å². The van der Waals surface area contributed by atoms with Gasteiger partial charge in [0.2, 0.25) is 5.91 Å². The van der Waals surface area contributed by atoms with E-state index >= 15 is 0 Å². The number of carbonyl (C=O) groups is 2. The van der Waals surface area contributed by atoms with Crippen LogP contribution >= 0.6 is 0 Å². The number of ether oxygens (including phenoxy) is 2. The van der Waals surface area contributed by atoms with Gasteiger partial charge in [-0.15, -0.1) is 0 Å². The van der Waals surface area contributed by atoms with Gasteiger partial charge >= 0.3 is 5.97 Å². The zero-order valence-corrected chi connectivity index (χ0v) is 10.2. The van der Waals surface area contributed by atoms with Crippen molar-refractivity contribution in [3.05, 3.63) is 24.0 Å². The van der Waals surface area contributed by atoms with Gasteiger partial charge < -0.3 is 14.8 Å². The van der Waals surface area contributed by atoms with E-state index in [1.807, 2.05) is 0 Å². The number of rotatable bonds is 5. The molecule has 5 nitrogen and oxygen atoms in total. The van der Waals surface area contributed by atoms with Gasteiger partial charge in [-0.05, 0) is 12.1 Å². The zero-order chi connectivity index (χ0) is 13.5. The van der Waals surface area contributed by atoms with E-state index in [2.05, 4.69) is 10.1 Å². The molecule has 1 aromatic carbocycles. The third kappa shape index (κ3) is 4.04. The Labute approximate surface area is 104 Å². The summed E-state index contributed by atoms with van der Waals surface area (Å²) in [6.07, 6.45) is -0.0632. The first-order chi connectivity index (χ1) is 8.56. The van der Waals surface area contributed by atoms with Gasteiger partial charge in [0, 0.05) is 12.5 Å². The Bertz CT molecular complexity index is 448. The van der Waals surface area contributed by atoms with Crippen LogP contribution < -0.4 is 10.1 Å². The van der Waals surface area contributed by atoms with Crippen LogP contribution in [0.5, 0.6) is 5.75 Å². The minimum atomic E-state index is -0.487. The minimum absolute atomic E-state index is 0.0278. The highest BCUT2D eigenvalue weighted by Gasteiger charge is 2.10. The molecule has 1 aromatic rings. The molecule has 0 aromatic heterocycles. The van der Waals surface area contributed by atoms with Crippen LogP contribution in [0, 0.1) is 5.82 Å². The highest BCUT2D eigenvalue weighted by atomic mass is 19.1. The summed E-state index contributed by atoms with van der Waals surface area (Å²) in [7, 11) is 2.66. The molecule has 1 N–H and O–H groups in total. The van der Waals surface area contributed by atoms with E-state index in [0.717, 1.165) is 6.07 Å². The lowest BCUT2D eigenvalue weighted by molar-refractivity contribution is -0.141. The molecule has 6 heteroatoms. The Morgan fingerprint density at radius 3 is 2.61 bits per heavy atom. The summed E-state index contributed by atoms with van der Waals surface area (Å²) in [6.45, 7) is 0. The van der Waals surface area contributed by atoms with Gasteiger partial charge in [0.15, 0.2) is 0 Å². The van der Waals surface area contributed by atoms with Crippen molar-refractivity contribution in [1.82, 2.24) is 0 Å². The average molecular weight is 255 g/mol. The van der Waals surface area contributed by atoms with Gasteiger partial charge in [0.25, 0.3) is 0 Å². The van der Waals surface area contributed by atoms with Crippen molar-refractivity contribution in [1.29, 1.82) is 0 Å². The lowest BCUT2D eigenvalue weighted by atomic mass is 10.2. The largest absolute Gasteiger partial charge is 0.495 e. The van der Waals surface area contributed by atoms with E-state index in [1.165, 1.54) is 26.4 Å². The van der Waals surface area contributed by atoms with Crippen molar-refractivity contribution in [2.45, 2.75) is 12.8 Å². The molecule has 1 amide bonds. The molecule has 1 rings (SSSR count). The van der Waals surface area contributed by atoms with Crippen LogP contribution in [0.25, 0.3) is 0 Å². The fourth-order valence-electron chi connectivity index (χ4n) is 1.31. The van der Waals surface area contributed by atoms with Crippen molar-refractivity contribution < 1.29 is 23.5 Å². The number of hydrogen-bond donors (Lipinski definition) is 1. The number of benzene rings is 1. The minimum Gasteiger partial charge on any atom is -0.495 e. The molecule has 0 aliphatic rings. The molecule has 0 saturated carbocycles. The maximum atomic E-state index is 13.0. The van der Waals surface area contributed by atoms with Crippen LogP contribution in [0.15, 0.2) is 18.2 Å². The molecule has 0 aliphatic heterocycles. The summed E-state index contributed by atoms with van der Waals surface area (Å²) in [5.74, 6) is -1.03. The summed E-state index contributed by atoms with van der Waals surface area (Å²) in [5.41, 5.74) is 0.229. The topological polar surface area (TPSA) is 64.6 Å². The SMILES string of the molecule is COC(=O)CCC(=O)Nc1cc(F)ccc1OC. The van der Waals surface area contributed by atoms with Crippen molar-refractivity contribution in [3.8, 4) is 5.75 Å². The number of nitrogens with one attached hydrogen (secondary N) is 1. The van der Waals surface area contributed by atoms with E-state index in [1.54, 1.807) is 0 Å². The molecular formula is C12H14FNO4. The zero-order valence-electron chi connectivity index (χ0n) is 10.2. The molecular weight excluding hydrogens is 241 g/mol. The quantitative estimate of drug-likeness (QED) is 0.814. The fraction of sp³-hybridized carbons (Fsp3) is 0.333. The Morgan fingerprint density at radius 1 is 1.28 bits per heavy atom. The molecule has 0 saturated heterocycles. The first-order valence-corrected chi connectivity index (χ1v) is 5.27. The summed E-state index contributed by atoms with van der Waals surface area (Å²) in [6, 6.07) is 3.78. The number of amides is 1. The molecule has 0 radical (unpaired) electrons. The number of carbonyl (C=O) groups excluding carboxylic acids is 2. The van der Waals surface area contributed by atoms with Crippen LogP contribution in [0.4, 0.5) is 10.1 Å². The van der Waals surface area contributed by atoms with Gasteiger partial charge in [0.1, 0.15) is 11.6 Å². The number of anilines is 1. The molecule has 0 unspecified atom stereocenters. The van der Waals surface area contributed by atoms with Crippen LogP contribution in [0.1, 0.15) is 12.8 Å². The maximum Gasteiger partial charge on any atom is 0.306 e. The average Bonchev–Trinajstić information content (AvgIpc) is 2.36. The van der Waals surface area contributed by atoms with Gasteiger partial charge in [-0.1, -0.05) is 0 Å². The van der Waals surface area contributed by atoms with Crippen molar-refractivity contribution in [3.63, 3.8) is 0 Å². The molecule has 0 fully saturated rings. The van der Waals surface area contributed by atoms with Gasteiger partial charge in [-0.2, -0.15) is 0 Å². The Kier molecular flexibility index (Phi) is 5.10. The molecule has 0 atom stereocenters. The molecule has 18 heavy (non-hydrogen) atoms. The Balaban J connectivity index is 2.63. The second-order valence-electron chi connectivity index (χ2n) is 3.47. The summed E-state index contributed by atoms with van der Waals surface area (Å²) < 4.78 is 22.4. The Morgan fingerprint density at radius 2 is 2.00 bits per heavy atom. The van der Waals surface area contributed by atoms with Gasteiger partial charge in [-0.25, -0.2) is 4.39 Å². The smallest absolute Gasteiger partial charge is 0.306 e. The highest BCUT2D eigenvalue weighted by Crippen LogP contribution is 2.24. The Hall–Kier alpha value is -2.11. The molecule has 0 aliphatic carbocycles. The number of methoxy groups -OCH3 is 2. The van der Waals surface area contributed by atoms with Gasteiger partial charge in [0.05, 0.1) is 26.3 Å². The first-order valence-electron chi connectivity index (χ1n) is 5.27. The molecule has 0 heterocycles. The normalized spacial score (nSPS) is 9.72. The molecule has 0 spiro atoms. The van der Waals surface area contributed by atoms with Gasteiger partial charge in [-0.3, -0.25) is 9.59 Å². The highest BCUT2D eigenvalue weighted by molar-refractivity contribution is 5.93. The standard InChI is InChI=1S/C12H14FNO4/c1-17-10-4-3-8(13)7-9(10)14-11(15)5-6-12(16)18-2/h3-4,7H,5-6H2,1-2H3,(H,14,15). The second-order valence-corrected chi connectivity index (χ2v) is 3.47. The fourth-order valence-corrected chi connectivity index (χ4v) is 1.31. The first kappa shape index (κ1) is 14.0. The summed E-state index contributed by atoms with van der Waals surface area (Å²) in [5, 5.41) is 2.47. The van der Waals surface area contributed by atoms with Crippen LogP contribution in [-0.2, 0) is 14.3 Å². The van der Waals surface area contributed by atoms with E-state index in [0.29, 0.717) is 5.75 Å². The summed E-state index contributed by atoms with van der Waals surface area (Å²) in [4.78, 5) is 22.4. The number of esters is 1. The molecule has 0 bridgehead atoms. The molecule has 98 valence electrons. The van der Waals surface area contributed by atoms with E-state index in [9.17, 15) is 14.0 Å².